The molecule has 1 saturated carbocycles. The van der Waals surface area contributed by atoms with E-state index in [-0.39, 0.29) is 5.84 Å². The minimum atomic E-state index is 0.116. The van der Waals surface area contributed by atoms with Crippen LogP contribution >= 0.6 is 0 Å². The first-order chi connectivity index (χ1) is 8.58. The molecule has 1 fully saturated rings. The fourth-order valence-electron chi connectivity index (χ4n) is 2.64. The van der Waals surface area contributed by atoms with E-state index in [2.05, 4.69) is 6.92 Å². The van der Waals surface area contributed by atoms with Gasteiger partial charge in [0.05, 0.1) is 0 Å². The standard InChI is InChI=1S/C15H22N2O/c1-10-5-3-4-6-14(10)18-12-7-8-13(15(16)17)11(2)9-12/h7-10,14H,3-6H2,1-2H3,(H3,16,17). The van der Waals surface area contributed by atoms with Crippen LogP contribution in [0.3, 0.4) is 0 Å². The van der Waals surface area contributed by atoms with Crippen LogP contribution in [0.2, 0.25) is 0 Å². The van der Waals surface area contributed by atoms with E-state index in [1.165, 1.54) is 19.3 Å². The molecule has 0 bridgehead atoms. The lowest BCUT2D eigenvalue weighted by Crippen LogP contribution is -2.28. The van der Waals surface area contributed by atoms with Gasteiger partial charge >= 0.3 is 0 Å². The first-order valence-electron chi connectivity index (χ1n) is 6.69. The largest absolute Gasteiger partial charge is 0.490 e. The number of hydrogen-bond donors (Lipinski definition) is 2. The Morgan fingerprint density at radius 3 is 2.67 bits per heavy atom. The van der Waals surface area contributed by atoms with Gasteiger partial charge in [-0.15, -0.1) is 0 Å². The van der Waals surface area contributed by atoms with Gasteiger partial charge in [0.25, 0.3) is 0 Å². The van der Waals surface area contributed by atoms with Crippen molar-refractivity contribution < 1.29 is 4.74 Å². The second-order valence-electron chi connectivity index (χ2n) is 5.31. The Bertz CT molecular complexity index is 442. The minimum absolute atomic E-state index is 0.116. The molecule has 3 N–H and O–H groups in total. The molecule has 1 aliphatic carbocycles. The summed E-state index contributed by atoms with van der Waals surface area (Å²) < 4.78 is 6.07. The van der Waals surface area contributed by atoms with E-state index in [9.17, 15) is 0 Å². The zero-order valence-electron chi connectivity index (χ0n) is 11.2. The van der Waals surface area contributed by atoms with Crippen LogP contribution in [-0.2, 0) is 0 Å². The summed E-state index contributed by atoms with van der Waals surface area (Å²) in [4.78, 5) is 0. The molecule has 0 saturated heterocycles. The van der Waals surface area contributed by atoms with E-state index >= 15 is 0 Å². The molecule has 3 nitrogen and oxygen atoms in total. The van der Waals surface area contributed by atoms with Crippen molar-refractivity contribution in [3.63, 3.8) is 0 Å². The molecule has 3 heteroatoms. The molecule has 0 aromatic heterocycles. The van der Waals surface area contributed by atoms with Crippen LogP contribution in [0.15, 0.2) is 18.2 Å². The maximum absolute atomic E-state index is 7.47. The molecule has 2 unspecified atom stereocenters. The molecule has 2 atom stereocenters. The van der Waals surface area contributed by atoms with Crippen LogP contribution in [-0.4, -0.2) is 11.9 Å². The van der Waals surface area contributed by atoms with Gasteiger partial charge in [0, 0.05) is 5.56 Å². The van der Waals surface area contributed by atoms with Crippen molar-refractivity contribution in [1.29, 1.82) is 5.41 Å². The van der Waals surface area contributed by atoms with Crippen LogP contribution in [0.4, 0.5) is 0 Å². The fraction of sp³-hybridized carbons (Fsp3) is 0.533. The third-order valence-electron chi connectivity index (χ3n) is 3.81. The van der Waals surface area contributed by atoms with Crippen molar-refractivity contribution in [3.8, 4) is 5.75 Å². The Kier molecular flexibility index (Phi) is 3.90. The highest BCUT2D eigenvalue weighted by Gasteiger charge is 2.22. The molecule has 18 heavy (non-hydrogen) atoms. The molecule has 0 aliphatic heterocycles. The minimum Gasteiger partial charge on any atom is -0.490 e. The number of rotatable bonds is 3. The van der Waals surface area contributed by atoms with Crippen LogP contribution < -0.4 is 10.5 Å². The maximum atomic E-state index is 7.47. The second-order valence-corrected chi connectivity index (χ2v) is 5.31. The SMILES string of the molecule is Cc1cc(OC2CCCCC2C)ccc1C(=N)N. The number of ether oxygens (including phenoxy) is 1. The summed E-state index contributed by atoms with van der Waals surface area (Å²) >= 11 is 0. The first kappa shape index (κ1) is 12.9. The number of nitrogen functional groups attached to an aromatic ring is 1. The van der Waals surface area contributed by atoms with Crippen LogP contribution in [0.1, 0.15) is 43.7 Å². The smallest absolute Gasteiger partial charge is 0.123 e. The van der Waals surface area contributed by atoms with Gasteiger partial charge in [-0.2, -0.15) is 0 Å². The highest BCUT2D eigenvalue weighted by Crippen LogP contribution is 2.28. The molecule has 0 amide bonds. The third kappa shape index (κ3) is 2.84. The summed E-state index contributed by atoms with van der Waals surface area (Å²) in [6.45, 7) is 4.23. The molecule has 1 aliphatic rings. The van der Waals surface area contributed by atoms with Crippen LogP contribution in [0.25, 0.3) is 0 Å². The Balaban J connectivity index is 2.10. The van der Waals surface area contributed by atoms with E-state index in [1.807, 2.05) is 25.1 Å². The predicted molar refractivity (Wildman–Crippen MR) is 74.2 cm³/mol. The Morgan fingerprint density at radius 1 is 1.33 bits per heavy atom. The molecule has 0 radical (unpaired) electrons. The number of aryl methyl sites for hydroxylation is 1. The lowest BCUT2D eigenvalue weighted by atomic mass is 9.88. The Labute approximate surface area is 109 Å². The number of nitrogens with two attached hydrogens (primary N) is 1. The zero-order chi connectivity index (χ0) is 13.1. The van der Waals surface area contributed by atoms with Gasteiger partial charge in [-0.05, 0) is 55.9 Å². The molecular weight excluding hydrogens is 224 g/mol. The summed E-state index contributed by atoms with van der Waals surface area (Å²) in [5.74, 6) is 1.65. The molecule has 0 heterocycles. The van der Waals surface area contributed by atoms with Crippen molar-refractivity contribution in [3.05, 3.63) is 29.3 Å². The number of nitrogens with one attached hydrogen (secondary N) is 1. The number of hydrogen-bond acceptors (Lipinski definition) is 2. The second kappa shape index (κ2) is 5.42. The van der Waals surface area contributed by atoms with Gasteiger partial charge in [-0.1, -0.05) is 13.3 Å². The summed E-state index contributed by atoms with van der Waals surface area (Å²) in [7, 11) is 0. The molecule has 1 aromatic rings. The highest BCUT2D eigenvalue weighted by atomic mass is 16.5. The maximum Gasteiger partial charge on any atom is 0.123 e. The van der Waals surface area contributed by atoms with Gasteiger partial charge in [0.2, 0.25) is 0 Å². The summed E-state index contributed by atoms with van der Waals surface area (Å²) in [6, 6.07) is 5.78. The summed E-state index contributed by atoms with van der Waals surface area (Å²) in [6.07, 6.45) is 5.33. The highest BCUT2D eigenvalue weighted by molar-refractivity contribution is 5.96. The van der Waals surface area contributed by atoms with Crippen molar-refractivity contribution in [2.24, 2.45) is 11.7 Å². The van der Waals surface area contributed by atoms with Gasteiger partial charge in [0.15, 0.2) is 0 Å². The first-order valence-corrected chi connectivity index (χ1v) is 6.69. The normalized spacial score (nSPS) is 23.7. The Hall–Kier alpha value is -1.51. The third-order valence-corrected chi connectivity index (χ3v) is 3.81. The topological polar surface area (TPSA) is 59.1 Å². The van der Waals surface area contributed by atoms with Crippen molar-refractivity contribution >= 4 is 5.84 Å². The average Bonchev–Trinajstić information content (AvgIpc) is 2.32. The number of amidine groups is 1. The van der Waals surface area contributed by atoms with Gasteiger partial charge < -0.3 is 10.5 Å². The van der Waals surface area contributed by atoms with Crippen LogP contribution in [0, 0.1) is 18.3 Å². The van der Waals surface area contributed by atoms with Crippen LogP contribution in [0.5, 0.6) is 5.75 Å². The van der Waals surface area contributed by atoms with Crippen molar-refractivity contribution in [2.45, 2.75) is 45.6 Å². The molecule has 98 valence electrons. The lowest BCUT2D eigenvalue weighted by molar-refractivity contribution is 0.102. The van der Waals surface area contributed by atoms with Crippen molar-refractivity contribution in [1.82, 2.24) is 0 Å². The fourth-order valence-corrected chi connectivity index (χ4v) is 2.64. The van der Waals surface area contributed by atoms with E-state index in [0.717, 1.165) is 23.3 Å². The van der Waals surface area contributed by atoms with E-state index in [1.54, 1.807) is 0 Å². The van der Waals surface area contributed by atoms with E-state index < -0.39 is 0 Å². The Morgan fingerprint density at radius 2 is 2.06 bits per heavy atom. The lowest BCUT2D eigenvalue weighted by Gasteiger charge is -2.29. The predicted octanol–water partition coefficient (Wildman–Crippen LogP) is 3.24. The average molecular weight is 246 g/mol. The summed E-state index contributed by atoms with van der Waals surface area (Å²) in [5, 5.41) is 7.47. The van der Waals surface area contributed by atoms with E-state index in [4.69, 9.17) is 15.9 Å². The van der Waals surface area contributed by atoms with Gasteiger partial charge in [0.1, 0.15) is 17.7 Å². The zero-order valence-corrected chi connectivity index (χ0v) is 11.2. The molecule has 2 rings (SSSR count). The molecule has 1 aromatic carbocycles. The van der Waals surface area contributed by atoms with Crippen molar-refractivity contribution in [2.75, 3.05) is 0 Å². The summed E-state index contributed by atoms with van der Waals surface area (Å²) in [5.41, 5.74) is 7.31. The quantitative estimate of drug-likeness (QED) is 0.635. The van der Waals surface area contributed by atoms with Gasteiger partial charge in [-0.3, -0.25) is 5.41 Å². The van der Waals surface area contributed by atoms with E-state index in [0.29, 0.717) is 12.0 Å². The molecule has 0 spiro atoms. The van der Waals surface area contributed by atoms with Gasteiger partial charge in [-0.25, -0.2) is 0 Å². The monoisotopic (exact) mass is 246 g/mol. The molecular formula is C15H22N2O. The number of benzene rings is 1.